The highest BCUT2D eigenvalue weighted by Crippen LogP contribution is 2.39. The molecule has 2 saturated heterocycles. The number of fused-ring (bicyclic) bond motifs is 2. The molecule has 2 rings (SSSR count). The molecule has 0 radical (unpaired) electrons. The first-order chi connectivity index (χ1) is 5.72. The first kappa shape index (κ1) is 8.52. The number of methoxy groups -OCH3 is 1. The molecule has 12 heavy (non-hydrogen) atoms. The van der Waals surface area contributed by atoms with E-state index in [1.165, 1.54) is 19.3 Å². The fourth-order valence-corrected chi connectivity index (χ4v) is 2.58. The van der Waals surface area contributed by atoms with Crippen molar-refractivity contribution in [2.75, 3.05) is 7.11 Å². The average Bonchev–Trinajstić information content (AvgIpc) is 2.02. The summed E-state index contributed by atoms with van der Waals surface area (Å²) in [5.41, 5.74) is 0.127. The molecule has 0 N–H and O–H groups in total. The maximum Gasteiger partial charge on any atom is 0.0683 e. The molecule has 0 spiro atoms. The van der Waals surface area contributed by atoms with Crippen LogP contribution in [-0.4, -0.2) is 24.9 Å². The van der Waals surface area contributed by atoms with E-state index >= 15 is 0 Å². The quantitative estimate of drug-likeness (QED) is 0.600. The van der Waals surface area contributed by atoms with Crippen molar-refractivity contribution >= 4 is 0 Å². The standard InChI is InChI=1S/C10H18O2/c1-10-5-3-4-8(12-10)6-9(7-10)11-2/h8-9H,3-7H2,1-2H3/t8-,9-,10+/m0/s1. The van der Waals surface area contributed by atoms with Gasteiger partial charge in [-0.25, -0.2) is 0 Å². The number of hydrogen-bond donors (Lipinski definition) is 0. The second-order valence-electron chi connectivity index (χ2n) is 4.38. The molecule has 0 amide bonds. The number of rotatable bonds is 1. The van der Waals surface area contributed by atoms with Gasteiger partial charge in [0.15, 0.2) is 0 Å². The van der Waals surface area contributed by atoms with Crippen molar-refractivity contribution in [2.45, 2.75) is 56.8 Å². The van der Waals surface area contributed by atoms with Crippen LogP contribution in [0.5, 0.6) is 0 Å². The van der Waals surface area contributed by atoms with Gasteiger partial charge in [0, 0.05) is 13.5 Å². The number of hydrogen-bond acceptors (Lipinski definition) is 2. The van der Waals surface area contributed by atoms with E-state index < -0.39 is 0 Å². The highest BCUT2D eigenvalue weighted by Gasteiger charge is 2.40. The highest BCUT2D eigenvalue weighted by molar-refractivity contribution is 4.91. The fourth-order valence-electron chi connectivity index (χ4n) is 2.58. The van der Waals surface area contributed by atoms with Gasteiger partial charge in [0.05, 0.1) is 17.8 Å². The van der Waals surface area contributed by atoms with Crippen LogP contribution in [0.2, 0.25) is 0 Å². The molecule has 2 nitrogen and oxygen atoms in total. The summed E-state index contributed by atoms with van der Waals surface area (Å²) in [6.45, 7) is 2.23. The van der Waals surface area contributed by atoms with E-state index in [2.05, 4.69) is 6.92 Å². The van der Waals surface area contributed by atoms with Gasteiger partial charge in [-0.15, -0.1) is 0 Å². The lowest BCUT2D eigenvalue weighted by Crippen LogP contribution is -2.47. The van der Waals surface area contributed by atoms with E-state index in [4.69, 9.17) is 9.47 Å². The van der Waals surface area contributed by atoms with Crippen LogP contribution in [0.1, 0.15) is 39.0 Å². The molecule has 70 valence electrons. The topological polar surface area (TPSA) is 18.5 Å². The van der Waals surface area contributed by atoms with Gasteiger partial charge in [-0.05, 0) is 32.6 Å². The van der Waals surface area contributed by atoms with E-state index in [0.29, 0.717) is 12.2 Å². The first-order valence-electron chi connectivity index (χ1n) is 4.92. The Kier molecular flexibility index (Phi) is 2.13. The molecule has 2 heteroatoms. The Morgan fingerprint density at radius 1 is 1.50 bits per heavy atom. The second-order valence-corrected chi connectivity index (χ2v) is 4.38. The second kappa shape index (κ2) is 3.00. The lowest BCUT2D eigenvalue weighted by molar-refractivity contribution is -0.184. The number of ether oxygens (including phenoxy) is 2. The van der Waals surface area contributed by atoms with E-state index in [1.807, 2.05) is 7.11 Å². The Bertz CT molecular complexity index is 169. The van der Waals surface area contributed by atoms with Gasteiger partial charge in [-0.3, -0.25) is 0 Å². The SMILES string of the molecule is CO[C@H]1C[C@@H]2CCC[C@](C)(C1)O2. The zero-order valence-electron chi connectivity index (χ0n) is 8.01. The van der Waals surface area contributed by atoms with Crippen molar-refractivity contribution in [3.8, 4) is 0 Å². The summed E-state index contributed by atoms with van der Waals surface area (Å²) in [6, 6.07) is 0. The lowest BCUT2D eigenvalue weighted by Gasteiger charge is -2.46. The summed E-state index contributed by atoms with van der Waals surface area (Å²) < 4.78 is 11.4. The van der Waals surface area contributed by atoms with E-state index in [9.17, 15) is 0 Å². The Balaban J connectivity index is 2.05. The lowest BCUT2D eigenvalue weighted by atomic mass is 9.81. The van der Waals surface area contributed by atoms with Gasteiger partial charge < -0.3 is 9.47 Å². The molecular formula is C10H18O2. The van der Waals surface area contributed by atoms with Gasteiger partial charge in [0.2, 0.25) is 0 Å². The van der Waals surface area contributed by atoms with Crippen molar-refractivity contribution in [2.24, 2.45) is 0 Å². The summed E-state index contributed by atoms with van der Waals surface area (Å²) in [6.07, 6.45) is 6.87. The minimum atomic E-state index is 0.127. The molecule has 0 unspecified atom stereocenters. The predicted molar refractivity (Wildman–Crippen MR) is 47.2 cm³/mol. The van der Waals surface area contributed by atoms with Crippen LogP contribution >= 0.6 is 0 Å². The molecule has 2 aliphatic rings. The van der Waals surface area contributed by atoms with E-state index in [-0.39, 0.29) is 5.60 Å². The molecule has 0 saturated carbocycles. The van der Waals surface area contributed by atoms with Crippen LogP contribution in [0.15, 0.2) is 0 Å². The van der Waals surface area contributed by atoms with Crippen molar-refractivity contribution in [1.82, 2.24) is 0 Å². The fraction of sp³-hybridized carbons (Fsp3) is 1.00. The Morgan fingerprint density at radius 3 is 3.00 bits per heavy atom. The van der Waals surface area contributed by atoms with E-state index in [1.54, 1.807) is 0 Å². The van der Waals surface area contributed by atoms with Crippen LogP contribution in [0, 0.1) is 0 Å². The van der Waals surface area contributed by atoms with Crippen molar-refractivity contribution in [1.29, 1.82) is 0 Å². The highest BCUT2D eigenvalue weighted by atomic mass is 16.5. The monoisotopic (exact) mass is 170 g/mol. The minimum Gasteiger partial charge on any atom is -0.381 e. The minimum absolute atomic E-state index is 0.127. The van der Waals surface area contributed by atoms with Gasteiger partial charge in [-0.1, -0.05) is 0 Å². The zero-order chi connectivity index (χ0) is 8.60. The molecule has 2 bridgehead atoms. The molecule has 2 fully saturated rings. The molecule has 0 aliphatic carbocycles. The third kappa shape index (κ3) is 1.50. The third-order valence-corrected chi connectivity index (χ3v) is 3.20. The van der Waals surface area contributed by atoms with Crippen LogP contribution in [0.4, 0.5) is 0 Å². The summed E-state index contributed by atoms with van der Waals surface area (Å²) in [7, 11) is 1.81. The Labute approximate surface area is 74.2 Å². The molecule has 2 aliphatic heterocycles. The van der Waals surface area contributed by atoms with Crippen LogP contribution in [-0.2, 0) is 9.47 Å². The van der Waals surface area contributed by atoms with Crippen molar-refractivity contribution < 1.29 is 9.47 Å². The normalized spacial score (nSPS) is 47.5. The van der Waals surface area contributed by atoms with Gasteiger partial charge >= 0.3 is 0 Å². The molecule has 3 atom stereocenters. The van der Waals surface area contributed by atoms with Crippen molar-refractivity contribution in [3.05, 3.63) is 0 Å². The van der Waals surface area contributed by atoms with E-state index in [0.717, 1.165) is 12.8 Å². The predicted octanol–water partition coefficient (Wildman–Crippen LogP) is 2.12. The first-order valence-corrected chi connectivity index (χ1v) is 4.92. The molecular weight excluding hydrogens is 152 g/mol. The summed E-state index contributed by atoms with van der Waals surface area (Å²) in [5, 5.41) is 0. The molecule has 0 aromatic heterocycles. The maximum absolute atomic E-state index is 5.96. The van der Waals surface area contributed by atoms with Crippen LogP contribution in [0.3, 0.4) is 0 Å². The Morgan fingerprint density at radius 2 is 2.33 bits per heavy atom. The van der Waals surface area contributed by atoms with Gasteiger partial charge in [0.25, 0.3) is 0 Å². The summed E-state index contributed by atoms with van der Waals surface area (Å²) >= 11 is 0. The maximum atomic E-state index is 5.96. The zero-order valence-corrected chi connectivity index (χ0v) is 8.01. The van der Waals surface area contributed by atoms with Crippen LogP contribution in [0.25, 0.3) is 0 Å². The van der Waals surface area contributed by atoms with Crippen molar-refractivity contribution in [3.63, 3.8) is 0 Å². The van der Waals surface area contributed by atoms with Crippen LogP contribution < -0.4 is 0 Å². The molecule has 0 aromatic carbocycles. The largest absolute Gasteiger partial charge is 0.381 e. The van der Waals surface area contributed by atoms with Gasteiger partial charge in [0.1, 0.15) is 0 Å². The summed E-state index contributed by atoms with van der Waals surface area (Å²) in [4.78, 5) is 0. The van der Waals surface area contributed by atoms with Gasteiger partial charge in [-0.2, -0.15) is 0 Å². The molecule has 0 aromatic rings. The smallest absolute Gasteiger partial charge is 0.0683 e. The average molecular weight is 170 g/mol. The Hall–Kier alpha value is -0.0800. The third-order valence-electron chi connectivity index (χ3n) is 3.20. The molecule has 2 heterocycles. The summed E-state index contributed by atoms with van der Waals surface area (Å²) in [5.74, 6) is 0.